The Morgan fingerprint density at radius 3 is 2.46 bits per heavy atom. The Morgan fingerprint density at radius 2 is 1.88 bits per heavy atom. The van der Waals surface area contributed by atoms with Gasteiger partial charge in [0.1, 0.15) is 0 Å². The van der Waals surface area contributed by atoms with Crippen LogP contribution in [-0.4, -0.2) is 74.2 Å². The molecule has 5 nitrogen and oxygen atoms in total. The summed E-state index contributed by atoms with van der Waals surface area (Å²) in [5.74, 6) is 1.99. The zero-order valence-corrected chi connectivity index (χ0v) is 15.8. The zero-order chi connectivity index (χ0) is 16.8. The average Bonchev–Trinajstić information content (AvgIpc) is 3.48. The third-order valence-electron chi connectivity index (χ3n) is 5.64. The number of hydrogen-bond acceptors (Lipinski definition) is 3. The number of nitrogens with zero attached hydrogens (tertiary/aromatic N) is 3. The standard InChI is InChI=1S/C19H37N5/c1-3-11-23-12-8-17(9-13-23)22-19(20-2)21-10-14-24(18-6-7-18)15-16-4-5-16/h16-18H,3-15H2,1-2H3,(H2,20,21,22). The third-order valence-corrected chi connectivity index (χ3v) is 5.64. The van der Waals surface area contributed by atoms with Crippen molar-refractivity contribution in [2.45, 2.75) is 64.0 Å². The van der Waals surface area contributed by atoms with Gasteiger partial charge in [-0.2, -0.15) is 0 Å². The highest BCUT2D eigenvalue weighted by molar-refractivity contribution is 5.79. The molecule has 3 fully saturated rings. The van der Waals surface area contributed by atoms with Crippen LogP contribution >= 0.6 is 0 Å². The second-order valence-electron chi connectivity index (χ2n) is 7.93. The summed E-state index contributed by atoms with van der Waals surface area (Å²) in [4.78, 5) is 9.72. The van der Waals surface area contributed by atoms with Gasteiger partial charge in [0, 0.05) is 51.9 Å². The third kappa shape index (κ3) is 5.92. The summed E-state index contributed by atoms with van der Waals surface area (Å²) < 4.78 is 0. The number of nitrogens with one attached hydrogen (secondary N) is 2. The van der Waals surface area contributed by atoms with Gasteiger partial charge in [-0.05, 0) is 57.4 Å². The van der Waals surface area contributed by atoms with E-state index in [9.17, 15) is 0 Å². The van der Waals surface area contributed by atoms with E-state index in [2.05, 4.69) is 32.3 Å². The van der Waals surface area contributed by atoms with Gasteiger partial charge in [0.2, 0.25) is 0 Å². The minimum Gasteiger partial charge on any atom is -0.355 e. The molecule has 1 aliphatic heterocycles. The molecule has 2 N–H and O–H groups in total. The van der Waals surface area contributed by atoms with Crippen molar-refractivity contribution in [3.8, 4) is 0 Å². The Hall–Kier alpha value is -0.810. The maximum atomic E-state index is 4.43. The molecule has 0 aromatic rings. The van der Waals surface area contributed by atoms with Crippen LogP contribution in [0.3, 0.4) is 0 Å². The molecule has 3 rings (SSSR count). The van der Waals surface area contributed by atoms with Crippen molar-refractivity contribution in [1.29, 1.82) is 0 Å². The molecule has 0 aromatic heterocycles. The molecule has 0 unspecified atom stereocenters. The molecule has 0 aromatic carbocycles. The highest BCUT2D eigenvalue weighted by Gasteiger charge is 2.33. The second-order valence-corrected chi connectivity index (χ2v) is 7.93. The fourth-order valence-electron chi connectivity index (χ4n) is 3.82. The van der Waals surface area contributed by atoms with Crippen LogP contribution in [-0.2, 0) is 0 Å². The van der Waals surface area contributed by atoms with E-state index in [-0.39, 0.29) is 0 Å². The lowest BCUT2D eigenvalue weighted by molar-refractivity contribution is 0.206. The predicted molar refractivity (Wildman–Crippen MR) is 102 cm³/mol. The van der Waals surface area contributed by atoms with E-state index in [1.165, 1.54) is 71.1 Å². The first-order valence-corrected chi connectivity index (χ1v) is 10.2. The Labute approximate surface area is 148 Å². The SMILES string of the molecule is CCCN1CCC(NC(=NC)NCCN(CC2CC2)C2CC2)CC1. The first-order valence-electron chi connectivity index (χ1n) is 10.2. The van der Waals surface area contributed by atoms with Crippen molar-refractivity contribution in [2.75, 3.05) is 46.3 Å². The number of rotatable bonds is 9. The Bertz CT molecular complexity index is 395. The predicted octanol–water partition coefficient (Wildman–Crippen LogP) is 1.90. The van der Waals surface area contributed by atoms with E-state index in [1.807, 2.05) is 7.05 Å². The van der Waals surface area contributed by atoms with Crippen LogP contribution in [0.25, 0.3) is 0 Å². The quantitative estimate of drug-likeness (QED) is 0.499. The average molecular weight is 336 g/mol. The van der Waals surface area contributed by atoms with E-state index in [0.29, 0.717) is 6.04 Å². The van der Waals surface area contributed by atoms with Crippen LogP contribution in [0.5, 0.6) is 0 Å². The van der Waals surface area contributed by atoms with Crippen molar-refractivity contribution in [3.05, 3.63) is 0 Å². The number of guanidine groups is 1. The molecule has 2 aliphatic carbocycles. The lowest BCUT2D eigenvalue weighted by Crippen LogP contribution is -2.50. The molecule has 1 saturated heterocycles. The molecular formula is C19H37N5. The van der Waals surface area contributed by atoms with E-state index in [0.717, 1.165) is 31.0 Å². The van der Waals surface area contributed by atoms with E-state index in [1.54, 1.807) is 0 Å². The van der Waals surface area contributed by atoms with Gasteiger partial charge in [0.15, 0.2) is 5.96 Å². The summed E-state index contributed by atoms with van der Waals surface area (Å²) in [5.41, 5.74) is 0. The summed E-state index contributed by atoms with van der Waals surface area (Å²) in [6.07, 6.45) is 9.46. The summed E-state index contributed by atoms with van der Waals surface area (Å²) in [6, 6.07) is 1.46. The van der Waals surface area contributed by atoms with Gasteiger partial charge in [-0.3, -0.25) is 9.89 Å². The molecule has 0 amide bonds. The number of hydrogen-bond donors (Lipinski definition) is 2. The van der Waals surface area contributed by atoms with Gasteiger partial charge in [-0.15, -0.1) is 0 Å². The van der Waals surface area contributed by atoms with Crippen LogP contribution in [0.1, 0.15) is 51.9 Å². The summed E-state index contributed by atoms with van der Waals surface area (Å²) in [5, 5.41) is 7.18. The Balaban J connectivity index is 1.33. The van der Waals surface area contributed by atoms with Crippen LogP contribution < -0.4 is 10.6 Å². The molecule has 0 radical (unpaired) electrons. The van der Waals surface area contributed by atoms with Crippen molar-refractivity contribution in [2.24, 2.45) is 10.9 Å². The van der Waals surface area contributed by atoms with Gasteiger partial charge < -0.3 is 15.5 Å². The van der Waals surface area contributed by atoms with Crippen LogP contribution in [0.4, 0.5) is 0 Å². The first kappa shape index (κ1) is 18.0. The van der Waals surface area contributed by atoms with Crippen LogP contribution in [0.2, 0.25) is 0 Å². The Kier molecular flexibility index (Phi) is 6.78. The summed E-state index contributed by atoms with van der Waals surface area (Å²) in [7, 11) is 1.89. The smallest absolute Gasteiger partial charge is 0.191 e. The first-order chi connectivity index (χ1) is 11.8. The molecule has 138 valence electrons. The normalized spacial score (nSPS) is 23.7. The highest BCUT2D eigenvalue weighted by atomic mass is 15.2. The topological polar surface area (TPSA) is 42.9 Å². The van der Waals surface area contributed by atoms with Gasteiger partial charge in [0.25, 0.3) is 0 Å². The highest BCUT2D eigenvalue weighted by Crippen LogP contribution is 2.34. The van der Waals surface area contributed by atoms with Crippen molar-refractivity contribution in [1.82, 2.24) is 20.4 Å². The second kappa shape index (κ2) is 9.04. The fraction of sp³-hybridized carbons (Fsp3) is 0.947. The van der Waals surface area contributed by atoms with E-state index in [4.69, 9.17) is 0 Å². The van der Waals surface area contributed by atoms with Gasteiger partial charge in [-0.1, -0.05) is 6.92 Å². The Morgan fingerprint density at radius 1 is 1.12 bits per heavy atom. The lowest BCUT2D eigenvalue weighted by Gasteiger charge is -2.33. The summed E-state index contributed by atoms with van der Waals surface area (Å²) >= 11 is 0. The van der Waals surface area contributed by atoms with Crippen molar-refractivity contribution < 1.29 is 0 Å². The van der Waals surface area contributed by atoms with Gasteiger partial charge in [-0.25, -0.2) is 0 Å². The molecule has 3 aliphatic rings. The zero-order valence-electron chi connectivity index (χ0n) is 15.8. The molecule has 24 heavy (non-hydrogen) atoms. The molecule has 0 bridgehead atoms. The van der Waals surface area contributed by atoms with E-state index >= 15 is 0 Å². The molecule has 0 atom stereocenters. The number of aliphatic imine (C=N–C) groups is 1. The maximum absolute atomic E-state index is 4.43. The van der Waals surface area contributed by atoms with E-state index < -0.39 is 0 Å². The molecule has 0 spiro atoms. The monoisotopic (exact) mass is 335 g/mol. The molecule has 2 saturated carbocycles. The lowest BCUT2D eigenvalue weighted by atomic mass is 10.1. The number of piperidine rings is 1. The minimum absolute atomic E-state index is 0.579. The summed E-state index contributed by atoms with van der Waals surface area (Å²) in [6.45, 7) is 9.46. The molecule has 5 heteroatoms. The van der Waals surface area contributed by atoms with Crippen molar-refractivity contribution in [3.63, 3.8) is 0 Å². The van der Waals surface area contributed by atoms with Gasteiger partial charge in [0.05, 0.1) is 0 Å². The molecular weight excluding hydrogens is 298 g/mol. The number of likely N-dealkylation sites (tertiary alicyclic amines) is 1. The van der Waals surface area contributed by atoms with Crippen LogP contribution in [0, 0.1) is 5.92 Å². The minimum atomic E-state index is 0.579. The molecule has 1 heterocycles. The van der Waals surface area contributed by atoms with Crippen LogP contribution in [0.15, 0.2) is 4.99 Å². The largest absolute Gasteiger partial charge is 0.355 e. The van der Waals surface area contributed by atoms with Gasteiger partial charge >= 0.3 is 0 Å². The maximum Gasteiger partial charge on any atom is 0.191 e. The fourth-order valence-corrected chi connectivity index (χ4v) is 3.82. The van der Waals surface area contributed by atoms with Crippen molar-refractivity contribution >= 4 is 5.96 Å².